The van der Waals surface area contributed by atoms with Gasteiger partial charge in [0.25, 0.3) is 0 Å². The van der Waals surface area contributed by atoms with Gasteiger partial charge in [-0.1, -0.05) is 6.42 Å². The van der Waals surface area contributed by atoms with Gasteiger partial charge < -0.3 is 15.8 Å². The number of nitrogens with zero attached hydrogens (tertiary/aromatic N) is 1. The lowest BCUT2D eigenvalue weighted by molar-refractivity contribution is 0.0490. The topological polar surface area (TPSA) is 67.6 Å². The molecule has 0 spiro atoms. The first-order valence-electron chi connectivity index (χ1n) is 6.72. The second-order valence-electron chi connectivity index (χ2n) is 6.02. The summed E-state index contributed by atoms with van der Waals surface area (Å²) in [6.45, 7) is 6.65. The second kappa shape index (κ2) is 6.38. The maximum Gasteiger partial charge on any atom is 0.407 e. The molecule has 0 bridgehead atoms. The van der Waals surface area contributed by atoms with Crippen LogP contribution in [0.5, 0.6) is 0 Å². The van der Waals surface area contributed by atoms with Crippen molar-refractivity contribution in [3.05, 3.63) is 0 Å². The van der Waals surface area contributed by atoms with Gasteiger partial charge in [0.05, 0.1) is 0 Å². The number of alkyl carbamates (subject to hydrolysis) is 1. The van der Waals surface area contributed by atoms with Gasteiger partial charge in [-0.15, -0.1) is 0 Å². The number of rotatable bonds is 5. The number of ether oxygens (including phenoxy) is 1. The highest BCUT2D eigenvalue weighted by Gasteiger charge is 2.27. The minimum atomic E-state index is -0.456. The zero-order chi connectivity index (χ0) is 13.8. The van der Waals surface area contributed by atoms with E-state index < -0.39 is 5.60 Å². The molecule has 1 saturated carbocycles. The van der Waals surface area contributed by atoms with Gasteiger partial charge in [-0.05, 0) is 40.7 Å². The molecular formula is C13H27N3O2. The van der Waals surface area contributed by atoms with E-state index in [1.807, 2.05) is 20.8 Å². The monoisotopic (exact) mass is 257 g/mol. The molecular weight excluding hydrogens is 230 g/mol. The molecule has 3 N–H and O–H groups in total. The van der Waals surface area contributed by atoms with Crippen LogP contribution in [0.2, 0.25) is 0 Å². The molecule has 0 aromatic heterocycles. The van der Waals surface area contributed by atoms with Crippen LogP contribution in [0.25, 0.3) is 0 Å². The summed E-state index contributed by atoms with van der Waals surface area (Å²) in [6.07, 6.45) is 3.40. The van der Waals surface area contributed by atoms with Crippen LogP contribution in [0.3, 0.4) is 0 Å². The molecule has 0 aromatic carbocycles. The van der Waals surface area contributed by atoms with E-state index in [0.29, 0.717) is 19.1 Å². The maximum atomic E-state index is 11.6. The van der Waals surface area contributed by atoms with Gasteiger partial charge in [-0.3, -0.25) is 4.90 Å². The molecule has 18 heavy (non-hydrogen) atoms. The Morgan fingerprint density at radius 1 is 1.50 bits per heavy atom. The van der Waals surface area contributed by atoms with E-state index in [9.17, 15) is 4.79 Å². The number of nitrogens with one attached hydrogen (secondary N) is 1. The fourth-order valence-corrected chi connectivity index (χ4v) is 2.00. The fourth-order valence-electron chi connectivity index (χ4n) is 2.00. The van der Waals surface area contributed by atoms with E-state index in [1.165, 1.54) is 19.3 Å². The van der Waals surface area contributed by atoms with Crippen molar-refractivity contribution in [2.24, 2.45) is 5.73 Å². The molecule has 1 rings (SSSR count). The van der Waals surface area contributed by atoms with Gasteiger partial charge >= 0.3 is 6.09 Å². The van der Waals surface area contributed by atoms with Crippen molar-refractivity contribution in [3.63, 3.8) is 0 Å². The van der Waals surface area contributed by atoms with Crippen LogP contribution in [0, 0.1) is 0 Å². The minimum absolute atomic E-state index is 0.183. The molecule has 1 amide bonds. The van der Waals surface area contributed by atoms with Crippen molar-refractivity contribution in [3.8, 4) is 0 Å². The molecule has 0 saturated heterocycles. The van der Waals surface area contributed by atoms with Gasteiger partial charge in [0, 0.05) is 25.2 Å². The third kappa shape index (κ3) is 4.82. The third-order valence-corrected chi connectivity index (χ3v) is 3.38. The summed E-state index contributed by atoms with van der Waals surface area (Å²) < 4.78 is 5.20. The molecule has 1 aliphatic rings. The first-order chi connectivity index (χ1) is 8.33. The largest absolute Gasteiger partial charge is 0.444 e. The number of nitrogens with two attached hydrogens (primary N) is 1. The summed E-state index contributed by atoms with van der Waals surface area (Å²) in [5, 5.41) is 2.79. The SMILES string of the molecule is CN(C1CCC1)C(CN)CNC(=O)OC(C)(C)C. The van der Waals surface area contributed by atoms with Gasteiger partial charge in [-0.2, -0.15) is 0 Å². The van der Waals surface area contributed by atoms with E-state index in [1.54, 1.807) is 0 Å². The van der Waals surface area contributed by atoms with Crippen LogP contribution in [0.4, 0.5) is 4.79 Å². The highest BCUT2D eigenvalue weighted by molar-refractivity contribution is 5.67. The van der Waals surface area contributed by atoms with Gasteiger partial charge in [0.15, 0.2) is 0 Å². The van der Waals surface area contributed by atoms with Gasteiger partial charge in [0.2, 0.25) is 0 Å². The standard InChI is InChI=1S/C13H27N3O2/c1-13(2,3)18-12(17)15-9-11(8-14)16(4)10-6-5-7-10/h10-11H,5-9,14H2,1-4H3,(H,15,17). The zero-order valence-electron chi connectivity index (χ0n) is 12.0. The van der Waals surface area contributed by atoms with E-state index in [4.69, 9.17) is 10.5 Å². The van der Waals surface area contributed by atoms with Crippen molar-refractivity contribution in [1.29, 1.82) is 0 Å². The first-order valence-corrected chi connectivity index (χ1v) is 6.72. The average molecular weight is 257 g/mol. The summed E-state index contributed by atoms with van der Waals surface area (Å²) in [4.78, 5) is 13.8. The Balaban J connectivity index is 2.32. The third-order valence-electron chi connectivity index (χ3n) is 3.38. The highest BCUT2D eigenvalue weighted by atomic mass is 16.6. The van der Waals surface area contributed by atoms with Crippen molar-refractivity contribution < 1.29 is 9.53 Å². The summed E-state index contributed by atoms with van der Waals surface area (Å²) >= 11 is 0. The van der Waals surface area contributed by atoms with E-state index >= 15 is 0 Å². The number of carbonyl (C=O) groups excluding carboxylic acids is 1. The molecule has 1 atom stereocenters. The first kappa shape index (κ1) is 15.2. The van der Waals surface area contributed by atoms with E-state index in [2.05, 4.69) is 17.3 Å². The number of likely N-dealkylation sites (N-methyl/N-ethyl adjacent to an activating group) is 1. The molecule has 0 heterocycles. The molecule has 0 aromatic rings. The molecule has 1 unspecified atom stereocenters. The van der Waals surface area contributed by atoms with Crippen LogP contribution < -0.4 is 11.1 Å². The fraction of sp³-hybridized carbons (Fsp3) is 0.923. The Labute approximate surface area is 110 Å². The Kier molecular flexibility index (Phi) is 5.41. The zero-order valence-corrected chi connectivity index (χ0v) is 12.0. The average Bonchev–Trinajstić information content (AvgIpc) is 2.12. The van der Waals surface area contributed by atoms with Crippen LogP contribution in [0.1, 0.15) is 40.0 Å². The number of amides is 1. The summed E-state index contributed by atoms with van der Waals surface area (Å²) in [5.74, 6) is 0. The maximum absolute atomic E-state index is 11.6. The number of carbonyl (C=O) groups is 1. The lowest BCUT2D eigenvalue weighted by atomic mass is 9.91. The Morgan fingerprint density at radius 2 is 2.11 bits per heavy atom. The summed E-state index contributed by atoms with van der Waals surface area (Å²) in [7, 11) is 2.08. The second-order valence-corrected chi connectivity index (χ2v) is 6.02. The smallest absolute Gasteiger partial charge is 0.407 e. The molecule has 1 fully saturated rings. The van der Waals surface area contributed by atoms with Gasteiger partial charge in [0.1, 0.15) is 5.60 Å². The quantitative estimate of drug-likeness (QED) is 0.779. The Morgan fingerprint density at radius 3 is 2.50 bits per heavy atom. The lowest BCUT2D eigenvalue weighted by Gasteiger charge is -2.39. The molecule has 1 aliphatic carbocycles. The van der Waals surface area contributed by atoms with Crippen LogP contribution in [0.15, 0.2) is 0 Å². The molecule has 5 nitrogen and oxygen atoms in total. The Hall–Kier alpha value is -0.810. The van der Waals surface area contributed by atoms with Crippen LogP contribution >= 0.6 is 0 Å². The Bertz CT molecular complexity index is 272. The van der Waals surface area contributed by atoms with Crippen molar-refractivity contribution >= 4 is 6.09 Å². The van der Waals surface area contributed by atoms with Crippen LogP contribution in [-0.2, 0) is 4.74 Å². The van der Waals surface area contributed by atoms with Crippen molar-refractivity contribution in [2.75, 3.05) is 20.1 Å². The predicted molar refractivity (Wildman–Crippen MR) is 72.5 cm³/mol. The summed E-state index contributed by atoms with van der Waals surface area (Å²) in [6, 6.07) is 0.807. The van der Waals surface area contributed by atoms with Crippen molar-refractivity contribution in [2.45, 2.75) is 57.7 Å². The number of hydrogen-bond donors (Lipinski definition) is 2. The molecule has 106 valence electrons. The highest BCUT2D eigenvalue weighted by Crippen LogP contribution is 2.24. The summed E-state index contributed by atoms with van der Waals surface area (Å²) in [5.41, 5.74) is 5.31. The molecule has 0 aliphatic heterocycles. The van der Waals surface area contributed by atoms with Gasteiger partial charge in [-0.25, -0.2) is 4.79 Å². The normalized spacial score (nSPS) is 18.3. The van der Waals surface area contributed by atoms with E-state index in [-0.39, 0.29) is 12.1 Å². The molecule has 0 radical (unpaired) electrons. The van der Waals surface area contributed by atoms with Crippen molar-refractivity contribution in [1.82, 2.24) is 10.2 Å². The lowest BCUT2D eigenvalue weighted by Crippen LogP contribution is -2.52. The molecule has 5 heteroatoms. The minimum Gasteiger partial charge on any atom is -0.444 e. The predicted octanol–water partition coefficient (Wildman–Crippen LogP) is 1.32. The van der Waals surface area contributed by atoms with E-state index in [0.717, 1.165) is 0 Å². The number of hydrogen-bond acceptors (Lipinski definition) is 4. The van der Waals surface area contributed by atoms with Crippen LogP contribution in [-0.4, -0.2) is 48.8 Å².